The molecule has 2 rings (SSSR count). The molecule has 2 heterocycles. The average molecular weight is 653 g/mol. The molecule has 1 aliphatic rings. The lowest BCUT2D eigenvalue weighted by Crippen LogP contribution is -2.62. The van der Waals surface area contributed by atoms with Crippen LogP contribution in [0.2, 0.25) is 0 Å². The Morgan fingerprint density at radius 1 is 1.04 bits per heavy atom. The van der Waals surface area contributed by atoms with Crippen molar-refractivity contribution < 1.29 is 24.0 Å². The van der Waals surface area contributed by atoms with Crippen LogP contribution in [0, 0.1) is 29.0 Å². The molecule has 0 saturated carbocycles. The smallest absolute Gasteiger partial charge is 0.315 e. The molecule has 12 nitrogen and oxygen atoms in total. The lowest BCUT2D eigenvalue weighted by molar-refractivity contribution is -0.144. The van der Waals surface area contributed by atoms with Crippen molar-refractivity contribution >= 4 is 29.5 Å². The summed E-state index contributed by atoms with van der Waals surface area (Å²) in [6, 6.07) is 1.35. The molecule has 1 aromatic heterocycles. The third-order valence-corrected chi connectivity index (χ3v) is 8.29. The number of ketones is 1. The van der Waals surface area contributed by atoms with E-state index < -0.39 is 70.5 Å². The van der Waals surface area contributed by atoms with E-state index >= 15 is 0 Å². The van der Waals surface area contributed by atoms with Crippen LogP contribution in [0.15, 0.2) is 42.2 Å². The van der Waals surface area contributed by atoms with Crippen molar-refractivity contribution in [1.29, 1.82) is 0 Å². The lowest BCUT2D eigenvalue weighted by Gasteiger charge is -2.37. The Morgan fingerprint density at radius 3 is 2.28 bits per heavy atom. The molecule has 1 aromatic rings. The molecule has 258 valence electrons. The van der Waals surface area contributed by atoms with Crippen molar-refractivity contribution in [1.82, 2.24) is 30.7 Å². The minimum atomic E-state index is -1.07. The second-order valence-electron chi connectivity index (χ2n) is 14.1. The summed E-state index contributed by atoms with van der Waals surface area (Å²) < 4.78 is 1.34. The fraction of sp³-hybridized carbons (Fsp3) is 0.600. The maximum Gasteiger partial charge on any atom is 0.315 e. The Kier molecular flexibility index (Phi) is 14.0. The zero-order valence-electron chi connectivity index (χ0n) is 28.9. The number of likely N-dealkylation sites (tertiary alicyclic amines) is 1. The van der Waals surface area contributed by atoms with E-state index in [1.54, 1.807) is 6.08 Å². The van der Waals surface area contributed by atoms with Crippen molar-refractivity contribution in [3.8, 4) is 0 Å². The lowest BCUT2D eigenvalue weighted by atomic mass is 9.85. The summed E-state index contributed by atoms with van der Waals surface area (Å²) in [4.78, 5) is 80.7. The normalized spacial score (nSPS) is 18.1. The highest BCUT2D eigenvalue weighted by Crippen LogP contribution is 2.30. The molecule has 5 atom stereocenters. The first kappa shape index (κ1) is 38.8. The first-order valence-electron chi connectivity index (χ1n) is 16.2. The van der Waals surface area contributed by atoms with Crippen LogP contribution in [-0.2, 0) is 25.7 Å². The number of nitrogens with one attached hydrogen (secondary N) is 4. The van der Waals surface area contributed by atoms with E-state index in [1.807, 2.05) is 48.5 Å². The highest BCUT2D eigenvalue weighted by atomic mass is 16.2. The van der Waals surface area contributed by atoms with E-state index in [-0.39, 0.29) is 31.6 Å². The summed E-state index contributed by atoms with van der Waals surface area (Å²) in [6.45, 7) is 21.0. The van der Waals surface area contributed by atoms with Crippen LogP contribution >= 0.6 is 0 Å². The van der Waals surface area contributed by atoms with Crippen LogP contribution in [0.5, 0.6) is 0 Å². The quantitative estimate of drug-likeness (QED) is 0.168. The molecule has 2 unspecified atom stereocenters. The Balaban J connectivity index is 2.32. The van der Waals surface area contributed by atoms with Crippen molar-refractivity contribution in [2.75, 3.05) is 13.1 Å². The van der Waals surface area contributed by atoms with Gasteiger partial charge in [-0.2, -0.15) is 0 Å². The number of carbonyl (C=O) groups excluding carboxylic acids is 5. The Bertz CT molecular complexity index is 1360. The standard InChI is InChI=1S/C35H52N6O6/c1-10-13-16-24(28(43)31(45)36-19-11-2)37-30(44)27-23(12-3)18-21-41(27)32(46)29(35(7,8)9)39-33(47)38-25(34(4,5)6)22-40-20-15-14-17-26(40)42/h11-12,14,17,23-25,27,29H,2-3,10,13,16,18-19,21-22H2,1,4-9H3,(H,36,45)(H,37,44)(H2,38,39,47)/t23?,24?,25-,27+,29-/m1/s1. The van der Waals surface area contributed by atoms with Crippen LogP contribution in [0.25, 0.3) is 0 Å². The Labute approximate surface area is 278 Å². The monoisotopic (exact) mass is 652 g/mol. The fourth-order valence-electron chi connectivity index (χ4n) is 5.36. The average Bonchev–Trinajstić information content (AvgIpc) is 3.44. The number of hydrogen-bond acceptors (Lipinski definition) is 6. The van der Waals surface area contributed by atoms with Gasteiger partial charge in [-0.25, -0.2) is 4.79 Å². The van der Waals surface area contributed by atoms with E-state index in [0.717, 1.165) is 6.42 Å². The maximum absolute atomic E-state index is 14.2. The topological polar surface area (TPSA) is 159 Å². The van der Waals surface area contributed by atoms with Gasteiger partial charge in [-0.1, -0.05) is 79.5 Å². The minimum absolute atomic E-state index is 0.107. The van der Waals surface area contributed by atoms with Gasteiger partial charge in [0.15, 0.2) is 0 Å². The number of rotatable bonds is 15. The van der Waals surface area contributed by atoms with Crippen LogP contribution < -0.4 is 26.8 Å². The zero-order chi connectivity index (χ0) is 35.5. The molecule has 5 amide bonds. The fourth-order valence-corrected chi connectivity index (χ4v) is 5.36. The highest BCUT2D eigenvalue weighted by molar-refractivity contribution is 6.38. The predicted molar refractivity (Wildman–Crippen MR) is 180 cm³/mol. The molecular formula is C35H52N6O6. The van der Waals surface area contributed by atoms with Crippen LogP contribution in [0.3, 0.4) is 0 Å². The summed E-state index contributed by atoms with van der Waals surface area (Å²) in [7, 11) is 0. The molecule has 0 bridgehead atoms. The maximum atomic E-state index is 14.2. The van der Waals surface area contributed by atoms with Crippen molar-refractivity contribution in [3.05, 3.63) is 60.1 Å². The van der Waals surface area contributed by atoms with Gasteiger partial charge in [-0.15, -0.1) is 13.2 Å². The summed E-state index contributed by atoms with van der Waals surface area (Å²) in [6.07, 6.45) is 7.87. The summed E-state index contributed by atoms with van der Waals surface area (Å²) in [5.74, 6) is -3.04. The van der Waals surface area contributed by atoms with Gasteiger partial charge < -0.3 is 26.2 Å². The molecule has 47 heavy (non-hydrogen) atoms. The van der Waals surface area contributed by atoms with Gasteiger partial charge in [0.25, 0.3) is 11.5 Å². The molecule has 0 spiro atoms. The number of hydrogen-bond donors (Lipinski definition) is 4. The first-order chi connectivity index (χ1) is 22.0. The predicted octanol–water partition coefficient (Wildman–Crippen LogP) is 2.53. The molecule has 1 aliphatic heterocycles. The highest BCUT2D eigenvalue weighted by Gasteiger charge is 2.46. The number of urea groups is 1. The van der Waals surface area contributed by atoms with E-state index in [2.05, 4.69) is 46.7 Å². The van der Waals surface area contributed by atoms with Gasteiger partial charge in [0.1, 0.15) is 12.1 Å². The largest absolute Gasteiger partial charge is 0.346 e. The number of nitrogens with zero attached hydrogens (tertiary/aromatic N) is 2. The number of carbonyl (C=O) groups is 5. The second-order valence-corrected chi connectivity index (χ2v) is 14.1. The molecule has 1 saturated heterocycles. The molecular weight excluding hydrogens is 600 g/mol. The van der Waals surface area contributed by atoms with Crippen LogP contribution in [0.4, 0.5) is 4.79 Å². The number of unbranched alkanes of at least 4 members (excludes halogenated alkanes) is 1. The molecule has 4 N–H and O–H groups in total. The minimum Gasteiger partial charge on any atom is -0.346 e. The third kappa shape index (κ3) is 10.8. The van der Waals surface area contributed by atoms with Crippen molar-refractivity contribution in [2.45, 2.75) is 105 Å². The van der Waals surface area contributed by atoms with Gasteiger partial charge in [-0.05, 0) is 29.7 Å². The van der Waals surface area contributed by atoms with Gasteiger partial charge in [0, 0.05) is 31.3 Å². The van der Waals surface area contributed by atoms with Crippen molar-refractivity contribution in [3.63, 3.8) is 0 Å². The Morgan fingerprint density at radius 2 is 1.72 bits per heavy atom. The molecule has 1 fully saturated rings. The van der Waals surface area contributed by atoms with Gasteiger partial charge >= 0.3 is 6.03 Å². The molecule has 0 aliphatic carbocycles. The second kappa shape index (κ2) is 17.0. The molecule has 0 aromatic carbocycles. The first-order valence-corrected chi connectivity index (χ1v) is 16.2. The molecule has 12 heteroatoms. The third-order valence-electron chi connectivity index (χ3n) is 8.29. The van der Waals surface area contributed by atoms with Gasteiger partial charge in [0.05, 0.1) is 18.6 Å². The number of aromatic nitrogens is 1. The molecule has 0 radical (unpaired) electrons. The van der Waals surface area contributed by atoms with Gasteiger partial charge in [0.2, 0.25) is 17.6 Å². The van der Waals surface area contributed by atoms with E-state index in [9.17, 15) is 28.8 Å². The van der Waals surface area contributed by atoms with Crippen molar-refractivity contribution in [2.24, 2.45) is 16.7 Å². The van der Waals surface area contributed by atoms with Crippen LogP contribution in [-0.4, -0.2) is 76.3 Å². The number of amides is 5. The van der Waals surface area contributed by atoms with Gasteiger partial charge in [-0.3, -0.25) is 28.5 Å². The van der Waals surface area contributed by atoms with Crippen LogP contribution in [0.1, 0.15) is 74.1 Å². The zero-order valence-corrected chi connectivity index (χ0v) is 28.9. The van der Waals surface area contributed by atoms with E-state index in [4.69, 9.17) is 0 Å². The summed E-state index contributed by atoms with van der Waals surface area (Å²) in [5, 5.41) is 11.0. The summed E-state index contributed by atoms with van der Waals surface area (Å²) in [5.41, 5.74) is -1.51. The SMILES string of the molecule is C=CCNC(=O)C(=O)C(CCCC)NC(=O)[C@@H]1C(C=C)CCN1C(=O)[C@@H](NC(=O)N[C@H](Cn1c#cccc1=O)C(C)(C)C)C(C)(C)C. The van der Waals surface area contributed by atoms with E-state index in [1.165, 1.54) is 27.7 Å². The summed E-state index contributed by atoms with van der Waals surface area (Å²) >= 11 is 0. The van der Waals surface area contributed by atoms with E-state index in [0.29, 0.717) is 12.8 Å². The number of Topliss-reactive ketones (excluding diaryl/α,β-unsaturated/α-hetero) is 1. The Hall–Kier alpha value is -4.40.